The highest BCUT2D eigenvalue weighted by Crippen LogP contribution is 2.27. The summed E-state index contributed by atoms with van der Waals surface area (Å²) in [5, 5.41) is 3.50. The van der Waals surface area contributed by atoms with Gasteiger partial charge in [-0.05, 0) is 71.8 Å². The molecule has 0 fully saturated rings. The van der Waals surface area contributed by atoms with E-state index in [0.717, 1.165) is 26.6 Å². The van der Waals surface area contributed by atoms with Gasteiger partial charge in [-0.3, -0.25) is 13.9 Å². The van der Waals surface area contributed by atoms with E-state index in [1.807, 2.05) is 69.3 Å². The summed E-state index contributed by atoms with van der Waals surface area (Å²) in [5.74, 6) is -0.400. The van der Waals surface area contributed by atoms with E-state index in [1.165, 1.54) is 4.90 Å². The Balaban J connectivity index is 1.81. The van der Waals surface area contributed by atoms with Gasteiger partial charge >= 0.3 is 0 Å². The van der Waals surface area contributed by atoms with Crippen LogP contribution in [0.25, 0.3) is 0 Å². The lowest BCUT2D eigenvalue weighted by atomic mass is 10.0. The van der Waals surface area contributed by atoms with Crippen LogP contribution < -0.4 is 9.62 Å². The molecule has 0 bridgehead atoms. The van der Waals surface area contributed by atoms with E-state index in [1.54, 1.807) is 54.6 Å². The van der Waals surface area contributed by atoms with Crippen molar-refractivity contribution in [3.05, 3.63) is 130 Å². The second-order valence-electron chi connectivity index (χ2n) is 12.6. The third kappa shape index (κ3) is 9.69. The Kier molecular flexibility index (Phi) is 12.2. The van der Waals surface area contributed by atoms with E-state index >= 15 is 0 Å². The Morgan fingerprint density at radius 3 is 2.04 bits per heavy atom. The van der Waals surface area contributed by atoms with Gasteiger partial charge in [0.1, 0.15) is 12.6 Å². The first kappa shape index (κ1) is 35.7. The molecule has 4 aromatic carbocycles. The maximum atomic E-state index is 14.6. The number of halogens is 1. The van der Waals surface area contributed by atoms with Crippen molar-refractivity contribution in [2.75, 3.05) is 17.4 Å². The molecule has 0 saturated heterocycles. The van der Waals surface area contributed by atoms with Gasteiger partial charge in [0.05, 0.1) is 10.6 Å². The van der Waals surface area contributed by atoms with Crippen LogP contribution in [0.2, 0.25) is 5.02 Å². The third-order valence-corrected chi connectivity index (χ3v) is 9.96. The lowest BCUT2D eigenvalue weighted by Crippen LogP contribution is -2.53. The van der Waals surface area contributed by atoms with E-state index in [9.17, 15) is 18.0 Å². The number of carbonyl (C=O) groups is 2. The first-order valence-corrected chi connectivity index (χ1v) is 17.7. The molecule has 248 valence electrons. The SMILES string of the molecule is Cc1ccc(S(=O)(=O)N(CC(=O)N(Cc2cccc(Cl)c2)[C@@H](Cc2ccccc2)C(=O)NCC(C)C)c2ccc(C(C)C)cc2)cc1. The summed E-state index contributed by atoms with van der Waals surface area (Å²) < 4.78 is 29.6. The molecule has 4 aromatic rings. The Labute approximate surface area is 284 Å². The lowest BCUT2D eigenvalue weighted by molar-refractivity contribution is -0.140. The second kappa shape index (κ2) is 16.1. The number of anilines is 1. The highest BCUT2D eigenvalue weighted by Gasteiger charge is 2.34. The predicted molar refractivity (Wildman–Crippen MR) is 190 cm³/mol. The van der Waals surface area contributed by atoms with Crippen LogP contribution in [0.1, 0.15) is 55.9 Å². The number of hydrogen-bond acceptors (Lipinski definition) is 4. The summed E-state index contributed by atoms with van der Waals surface area (Å²) in [6, 6.07) is 29.5. The fraction of sp³-hybridized carbons (Fsp3) is 0.316. The lowest BCUT2D eigenvalue weighted by Gasteiger charge is -2.34. The normalized spacial score (nSPS) is 12.2. The Hall–Kier alpha value is -4.14. The first-order valence-electron chi connectivity index (χ1n) is 15.9. The van der Waals surface area contributed by atoms with Crippen LogP contribution in [0.3, 0.4) is 0 Å². The number of rotatable bonds is 14. The highest BCUT2D eigenvalue weighted by molar-refractivity contribution is 7.92. The molecule has 1 atom stereocenters. The number of nitrogens with zero attached hydrogens (tertiary/aromatic N) is 2. The fourth-order valence-electron chi connectivity index (χ4n) is 5.20. The second-order valence-corrected chi connectivity index (χ2v) is 14.9. The predicted octanol–water partition coefficient (Wildman–Crippen LogP) is 7.38. The van der Waals surface area contributed by atoms with Gasteiger partial charge in [0.25, 0.3) is 10.0 Å². The fourth-order valence-corrected chi connectivity index (χ4v) is 6.83. The molecule has 0 saturated carbocycles. The van der Waals surface area contributed by atoms with Crippen LogP contribution in [-0.2, 0) is 32.6 Å². The first-order chi connectivity index (χ1) is 22.3. The number of aryl methyl sites for hydroxylation is 1. The largest absolute Gasteiger partial charge is 0.354 e. The maximum absolute atomic E-state index is 14.6. The summed E-state index contributed by atoms with van der Waals surface area (Å²) in [6.07, 6.45) is 0.241. The number of nitrogens with one attached hydrogen (secondary N) is 1. The Morgan fingerprint density at radius 1 is 0.809 bits per heavy atom. The molecule has 0 spiro atoms. The summed E-state index contributed by atoms with van der Waals surface area (Å²) in [4.78, 5) is 30.1. The Morgan fingerprint density at radius 2 is 1.45 bits per heavy atom. The van der Waals surface area contributed by atoms with Crippen LogP contribution in [0.15, 0.2) is 108 Å². The molecule has 4 rings (SSSR count). The van der Waals surface area contributed by atoms with Crippen molar-refractivity contribution < 1.29 is 18.0 Å². The van der Waals surface area contributed by atoms with Crippen LogP contribution in [-0.4, -0.2) is 44.3 Å². The minimum absolute atomic E-state index is 0.0523. The van der Waals surface area contributed by atoms with Crippen molar-refractivity contribution in [1.82, 2.24) is 10.2 Å². The zero-order valence-electron chi connectivity index (χ0n) is 27.7. The van der Waals surface area contributed by atoms with Gasteiger partial charge in [0, 0.05) is 24.5 Å². The van der Waals surface area contributed by atoms with Gasteiger partial charge in [-0.15, -0.1) is 0 Å². The molecule has 0 aromatic heterocycles. The summed E-state index contributed by atoms with van der Waals surface area (Å²) in [6.45, 7) is 9.97. The van der Waals surface area contributed by atoms with Gasteiger partial charge in [0.15, 0.2) is 0 Å². The number of carbonyl (C=O) groups excluding carboxylic acids is 2. The van der Waals surface area contributed by atoms with E-state index in [4.69, 9.17) is 11.6 Å². The molecule has 7 nitrogen and oxygen atoms in total. The number of benzene rings is 4. The molecule has 47 heavy (non-hydrogen) atoms. The number of sulfonamides is 1. The molecule has 9 heteroatoms. The van der Waals surface area contributed by atoms with E-state index < -0.39 is 28.5 Å². The molecule has 0 heterocycles. The standard InChI is InChI=1S/C38H44ClN3O4S/c1-27(2)24-40-38(44)36(23-30-10-7-6-8-11-30)41(25-31-12-9-13-33(39)22-31)37(43)26-42(34-18-16-32(17-19-34)28(3)4)47(45,46)35-20-14-29(5)15-21-35/h6-22,27-28,36H,23-26H2,1-5H3,(H,40,44)/t36-/m0/s1. The van der Waals surface area contributed by atoms with Gasteiger partial charge in [-0.25, -0.2) is 8.42 Å². The summed E-state index contributed by atoms with van der Waals surface area (Å²) in [5.41, 5.74) is 3.90. The van der Waals surface area contributed by atoms with Crippen LogP contribution in [0.4, 0.5) is 5.69 Å². The van der Waals surface area contributed by atoms with Gasteiger partial charge in [0.2, 0.25) is 11.8 Å². The van der Waals surface area contributed by atoms with Crippen molar-refractivity contribution in [1.29, 1.82) is 0 Å². The van der Waals surface area contributed by atoms with Crippen molar-refractivity contribution >= 4 is 39.1 Å². The van der Waals surface area contributed by atoms with E-state index in [0.29, 0.717) is 17.3 Å². The van der Waals surface area contributed by atoms with Gasteiger partial charge in [-0.2, -0.15) is 0 Å². The van der Waals surface area contributed by atoms with E-state index in [-0.39, 0.29) is 35.6 Å². The summed E-state index contributed by atoms with van der Waals surface area (Å²) in [7, 11) is -4.17. The minimum Gasteiger partial charge on any atom is -0.354 e. The van der Waals surface area contributed by atoms with Gasteiger partial charge in [-0.1, -0.05) is 112 Å². The van der Waals surface area contributed by atoms with Gasteiger partial charge < -0.3 is 10.2 Å². The third-order valence-electron chi connectivity index (χ3n) is 7.93. The topological polar surface area (TPSA) is 86.8 Å². The quantitative estimate of drug-likeness (QED) is 0.151. The monoisotopic (exact) mass is 673 g/mol. The smallest absolute Gasteiger partial charge is 0.264 e. The van der Waals surface area contributed by atoms with Crippen LogP contribution >= 0.6 is 11.6 Å². The highest BCUT2D eigenvalue weighted by atomic mass is 35.5. The zero-order valence-corrected chi connectivity index (χ0v) is 29.3. The van der Waals surface area contributed by atoms with Crippen molar-refractivity contribution in [2.24, 2.45) is 5.92 Å². The Bertz CT molecular complexity index is 1740. The van der Waals surface area contributed by atoms with Crippen molar-refractivity contribution in [3.63, 3.8) is 0 Å². The molecular weight excluding hydrogens is 630 g/mol. The average Bonchev–Trinajstić information content (AvgIpc) is 3.04. The minimum atomic E-state index is -4.17. The molecule has 0 unspecified atom stereocenters. The number of hydrogen-bond donors (Lipinski definition) is 1. The van der Waals surface area contributed by atoms with Crippen LogP contribution in [0.5, 0.6) is 0 Å². The maximum Gasteiger partial charge on any atom is 0.264 e. The van der Waals surface area contributed by atoms with Crippen LogP contribution in [0, 0.1) is 12.8 Å². The molecule has 2 amide bonds. The molecular formula is C38H44ClN3O4S. The average molecular weight is 674 g/mol. The van der Waals surface area contributed by atoms with Crippen molar-refractivity contribution in [2.45, 2.75) is 64.4 Å². The molecule has 0 aliphatic heterocycles. The molecule has 0 aliphatic carbocycles. The molecule has 0 aliphatic rings. The van der Waals surface area contributed by atoms with E-state index in [2.05, 4.69) is 19.2 Å². The summed E-state index contributed by atoms with van der Waals surface area (Å²) >= 11 is 6.33. The zero-order chi connectivity index (χ0) is 34.1. The molecule has 1 N–H and O–H groups in total. The number of amides is 2. The van der Waals surface area contributed by atoms with Crippen molar-refractivity contribution in [3.8, 4) is 0 Å². The molecule has 0 radical (unpaired) electrons.